The maximum atomic E-state index is 12.9. The summed E-state index contributed by atoms with van der Waals surface area (Å²) in [6, 6.07) is 9.33. The van der Waals surface area contributed by atoms with E-state index in [0.717, 1.165) is 24.0 Å². The third-order valence-corrected chi connectivity index (χ3v) is 6.94. The molecule has 174 valence electrons. The minimum absolute atomic E-state index is 0.0399. The summed E-state index contributed by atoms with van der Waals surface area (Å²) in [5.41, 5.74) is 2.07. The lowest BCUT2D eigenvalue weighted by Crippen LogP contribution is -2.32. The number of aryl methyl sites for hydroxylation is 1. The van der Waals surface area contributed by atoms with Crippen LogP contribution in [0.15, 0.2) is 41.3 Å². The molecule has 2 aromatic carbocycles. The lowest BCUT2D eigenvalue weighted by Gasteiger charge is -2.19. The van der Waals surface area contributed by atoms with Crippen LogP contribution in [-0.2, 0) is 14.8 Å². The van der Waals surface area contributed by atoms with Crippen LogP contribution >= 0.6 is 0 Å². The summed E-state index contributed by atoms with van der Waals surface area (Å²) < 4.78 is 44.0. The van der Waals surface area contributed by atoms with Crippen LogP contribution in [0.2, 0.25) is 0 Å². The number of benzene rings is 2. The molecule has 0 bridgehead atoms. The molecule has 2 N–H and O–H groups in total. The number of sulfonamides is 1. The summed E-state index contributed by atoms with van der Waals surface area (Å²) in [7, 11) is -0.625. The van der Waals surface area contributed by atoms with Crippen LogP contribution in [0, 0.1) is 6.92 Å². The molecule has 2 atom stereocenters. The quantitative estimate of drug-likeness (QED) is 0.594. The summed E-state index contributed by atoms with van der Waals surface area (Å²) in [6.07, 6.45) is 1.65. The number of carbonyl (C=O) groups excluding carboxylic acids is 1. The molecule has 0 spiro atoms. The van der Waals surface area contributed by atoms with Crippen LogP contribution in [-0.4, -0.2) is 47.8 Å². The molecule has 1 fully saturated rings. The molecule has 0 aromatic heterocycles. The molecule has 9 heteroatoms. The zero-order chi connectivity index (χ0) is 23.3. The predicted molar refractivity (Wildman–Crippen MR) is 121 cm³/mol. The van der Waals surface area contributed by atoms with Gasteiger partial charge in [0.2, 0.25) is 10.0 Å². The fourth-order valence-electron chi connectivity index (χ4n) is 3.72. The summed E-state index contributed by atoms with van der Waals surface area (Å²) in [5, 5.41) is 2.93. The third-order valence-electron chi connectivity index (χ3n) is 5.52. The molecule has 8 nitrogen and oxygen atoms in total. The summed E-state index contributed by atoms with van der Waals surface area (Å²) in [5.74, 6) is 0.808. The summed E-state index contributed by atoms with van der Waals surface area (Å²) in [4.78, 5) is 12.9. The van der Waals surface area contributed by atoms with E-state index in [1.54, 1.807) is 26.4 Å². The summed E-state index contributed by atoms with van der Waals surface area (Å²) >= 11 is 0. The zero-order valence-corrected chi connectivity index (χ0v) is 19.6. The molecule has 1 aliphatic heterocycles. The van der Waals surface area contributed by atoms with Gasteiger partial charge in [-0.1, -0.05) is 6.07 Å². The van der Waals surface area contributed by atoms with Crippen molar-refractivity contribution in [2.45, 2.75) is 43.7 Å². The Morgan fingerprint density at radius 2 is 1.91 bits per heavy atom. The fraction of sp³-hybridized carbons (Fsp3) is 0.435. The summed E-state index contributed by atoms with van der Waals surface area (Å²) in [6.45, 7) is 4.65. The van der Waals surface area contributed by atoms with Gasteiger partial charge in [-0.2, -0.15) is 0 Å². The Morgan fingerprint density at radius 1 is 1.19 bits per heavy atom. The topological polar surface area (TPSA) is 103 Å². The molecule has 1 amide bonds. The van der Waals surface area contributed by atoms with Gasteiger partial charge < -0.3 is 19.5 Å². The molecule has 0 saturated carbocycles. The van der Waals surface area contributed by atoms with Crippen LogP contribution in [0.1, 0.15) is 47.3 Å². The molecule has 0 radical (unpaired) electrons. The third kappa shape index (κ3) is 5.59. The van der Waals surface area contributed by atoms with E-state index in [4.69, 9.17) is 14.2 Å². The first-order chi connectivity index (χ1) is 15.2. The van der Waals surface area contributed by atoms with E-state index in [2.05, 4.69) is 10.0 Å². The Hall–Kier alpha value is -2.62. The Morgan fingerprint density at radius 3 is 2.56 bits per heavy atom. The normalized spacial score (nSPS) is 17.1. The standard InChI is InChI=1S/C23H30N2O6S/c1-15-11-21(29-3)22(30-4)13-20(15)16(2)25-23(26)17-7-5-9-19(12-17)32(27,28)24-14-18-8-6-10-31-18/h5,7,9,11-13,16,18,24H,6,8,10,14H2,1-4H3,(H,25,26). The highest BCUT2D eigenvalue weighted by Gasteiger charge is 2.22. The van der Waals surface area contributed by atoms with Crippen LogP contribution in [0.3, 0.4) is 0 Å². The Labute approximate surface area is 189 Å². The number of carbonyl (C=O) groups is 1. The number of nitrogens with one attached hydrogen (secondary N) is 2. The van der Waals surface area contributed by atoms with Crippen molar-refractivity contribution in [2.24, 2.45) is 0 Å². The highest BCUT2D eigenvalue weighted by Crippen LogP contribution is 2.33. The number of methoxy groups -OCH3 is 2. The lowest BCUT2D eigenvalue weighted by molar-refractivity contribution is 0.0939. The van der Waals surface area contributed by atoms with E-state index in [1.807, 2.05) is 26.0 Å². The van der Waals surface area contributed by atoms with Crippen LogP contribution in [0.5, 0.6) is 11.5 Å². The van der Waals surface area contributed by atoms with Crippen LogP contribution < -0.4 is 19.5 Å². The van der Waals surface area contributed by atoms with Gasteiger partial charge >= 0.3 is 0 Å². The highest BCUT2D eigenvalue weighted by atomic mass is 32.2. The van der Waals surface area contributed by atoms with Gasteiger partial charge in [-0.3, -0.25) is 4.79 Å². The second kappa shape index (κ2) is 10.3. The van der Waals surface area contributed by atoms with Crippen LogP contribution in [0.4, 0.5) is 0 Å². The largest absolute Gasteiger partial charge is 0.493 e. The van der Waals surface area contributed by atoms with Crippen molar-refractivity contribution in [3.63, 3.8) is 0 Å². The van der Waals surface area contributed by atoms with Crippen molar-refractivity contribution in [1.82, 2.24) is 10.0 Å². The molecular weight excluding hydrogens is 432 g/mol. The molecule has 1 saturated heterocycles. The maximum absolute atomic E-state index is 12.9. The van der Waals surface area contributed by atoms with Crippen molar-refractivity contribution in [2.75, 3.05) is 27.4 Å². The SMILES string of the molecule is COc1cc(C)c(C(C)NC(=O)c2cccc(S(=O)(=O)NCC3CCCO3)c2)cc1OC. The average Bonchev–Trinajstić information content (AvgIpc) is 3.31. The first kappa shape index (κ1) is 24.0. The second-order valence-electron chi connectivity index (χ2n) is 7.77. The van der Waals surface area contributed by atoms with Gasteiger partial charge in [-0.05, 0) is 68.1 Å². The molecule has 2 unspecified atom stereocenters. The first-order valence-corrected chi connectivity index (χ1v) is 12.0. The highest BCUT2D eigenvalue weighted by molar-refractivity contribution is 7.89. The number of hydrogen-bond donors (Lipinski definition) is 2. The molecule has 3 rings (SSSR count). The van der Waals surface area contributed by atoms with Gasteiger partial charge in [0.15, 0.2) is 11.5 Å². The van der Waals surface area contributed by atoms with E-state index >= 15 is 0 Å². The fourth-order valence-corrected chi connectivity index (χ4v) is 4.83. The predicted octanol–water partition coefficient (Wildman–Crippen LogP) is 2.96. The second-order valence-corrected chi connectivity index (χ2v) is 9.54. The van der Waals surface area contributed by atoms with Gasteiger partial charge in [0.1, 0.15) is 0 Å². The zero-order valence-electron chi connectivity index (χ0n) is 18.8. The number of ether oxygens (including phenoxy) is 3. The van der Waals surface area contributed by atoms with E-state index in [1.165, 1.54) is 12.1 Å². The molecule has 0 aliphatic carbocycles. The monoisotopic (exact) mass is 462 g/mol. The first-order valence-electron chi connectivity index (χ1n) is 10.5. The number of hydrogen-bond acceptors (Lipinski definition) is 6. The van der Waals surface area contributed by atoms with Crippen molar-refractivity contribution in [1.29, 1.82) is 0 Å². The van der Waals surface area contributed by atoms with Gasteiger partial charge in [-0.15, -0.1) is 0 Å². The Kier molecular flexibility index (Phi) is 7.76. The van der Waals surface area contributed by atoms with Gasteiger partial charge in [0, 0.05) is 18.7 Å². The Bertz CT molecular complexity index is 1060. The van der Waals surface area contributed by atoms with E-state index < -0.39 is 10.0 Å². The number of amides is 1. The van der Waals surface area contributed by atoms with Crippen molar-refractivity contribution in [3.05, 3.63) is 53.1 Å². The van der Waals surface area contributed by atoms with Crippen LogP contribution in [0.25, 0.3) is 0 Å². The maximum Gasteiger partial charge on any atom is 0.251 e. The van der Waals surface area contributed by atoms with Crippen molar-refractivity contribution in [3.8, 4) is 11.5 Å². The molecule has 1 heterocycles. The average molecular weight is 463 g/mol. The molecular formula is C23H30N2O6S. The van der Waals surface area contributed by atoms with Gasteiger partial charge in [0.05, 0.1) is 31.3 Å². The molecule has 1 aliphatic rings. The van der Waals surface area contributed by atoms with Crippen molar-refractivity contribution >= 4 is 15.9 Å². The molecule has 2 aromatic rings. The molecule has 32 heavy (non-hydrogen) atoms. The lowest BCUT2D eigenvalue weighted by atomic mass is 10.0. The van der Waals surface area contributed by atoms with E-state index in [0.29, 0.717) is 18.1 Å². The van der Waals surface area contributed by atoms with Gasteiger partial charge in [-0.25, -0.2) is 13.1 Å². The van der Waals surface area contributed by atoms with Crippen molar-refractivity contribution < 1.29 is 27.4 Å². The van der Waals surface area contributed by atoms with E-state index in [9.17, 15) is 13.2 Å². The Balaban J connectivity index is 1.73. The minimum atomic E-state index is -3.75. The van der Waals surface area contributed by atoms with Gasteiger partial charge in [0.25, 0.3) is 5.91 Å². The minimum Gasteiger partial charge on any atom is -0.493 e. The smallest absolute Gasteiger partial charge is 0.251 e. The number of rotatable bonds is 9. The van der Waals surface area contributed by atoms with E-state index in [-0.39, 0.29) is 35.1 Å².